The number of aromatic nitrogens is 3. The van der Waals surface area contributed by atoms with Crippen LogP contribution in [-0.4, -0.2) is 50.3 Å². The number of carbonyl (C=O) groups is 2. The third-order valence-corrected chi connectivity index (χ3v) is 5.21. The largest absolute Gasteiger partial charge is 0.343 e. The van der Waals surface area contributed by atoms with E-state index in [0.717, 1.165) is 12.8 Å². The molecule has 152 valence electrons. The molecule has 2 aromatic rings. The summed E-state index contributed by atoms with van der Waals surface area (Å²) in [5.41, 5.74) is 0.836. The first-order valence-corrected chi connectivity index (χ1v) is 10.5. The number of aromatic amines is 1. The Morgan fingerprint density at radius 3 is 2.68 bits per heavy atom. The number of benzene rings is 1. The number of hydrogen-bond acceptors (Lipinski definition) is 5. The van der Waals surface area contributed by atoms with Gasteiger partial charge in [-0.05, 0) is 38.5 Å². The van der Waals surface area contributed by atoms with E-state index in [4.69, 9.17) is 0 Å². The van der Waals surface area contributed by atoms with E-state index in [2.05, 4.69) is 15.5 Å². The van der Waals surface area contributed by atoms with Crippen LogP contribution in [0, 0.1) is 0 Å². The predicted molar refractivity (Wildman–Crippen MR) is 111 cm³/mol. The van der Waals surface area contributed by atoms with E-state index in [9.17, 15) is 14.4 Å². The van der Waals surface area contributed by atoms with Crippen LogP contribution >= 0.6 is 11.8 Å². The minimum atomic E-state index is -0.265. The first-order valence-electron chi connectivity index (χ1n) is 9.47. The van der Waals surface area contributed by atoms with Crippen LogP contribution in [0.4, 0.5) is 5.69 Å². The van der Waals surface area contributed by atoms with Crippen molar-refractivity contribution in [3.63, 3.8) is 0 Å². The minimum Gasteiger partial charge on any atom is -0.339 e. The number of rotatable bonds is 10. The maximum absolute atomic E-state index is 12.4. The van der Waals surface area contributed by atoms with Crippen molar-refractivity contribution in [2.24, 2.45) is 0 Å². The molecule has 2 rings (SSSR count). The molecule has 1 aromatic carbocycles. The Morgan fingerprint density at radius 1 is 1.25 bits per heavy atom. The van der Waals surface area contributed by atoms with E-state index in [1.807, 2.05) is 20.8 Å². The Balaban J connectivity index is 1.98. The number of amides is 2. The van der Waals surface area contributed by atoms with Crippen molar-refractivity contribution in [2.45, 2.75) is 45.3 Å². The summed E-state index contributed by atoms with van der Waals surface area (Å²) in [6.45, 7) is 7.74. The van der Waals surface area contributed by atoms with Crippen molar-refractivity contribution in [3.05, 3.63) is 40.3 Å². The van der Waals surface area contributed by atoms with Crippen LogP contribution in [0.2, 0.25) is 0 Å². The van der Waals surface area contributed by atoms with Gasteiger partial charge in [-0.2, -0.15) is 0 Å². The van der Waals surface area contributed by atoms with Gasteiger partial charge in [-0.15, -0.1) is 5.10 Å². The van der Waals surface area contributed by atoms with Gasteiger partial charge in [0.05, 0.1) is 5.75 Å². The van der Waals surface area contributed by atoms with E-state index in [1.165, 1.54) is 11.8 Å². The van der Waals surface area contributed by atoms with E-state index in [0.29, 0.717) is 36.0 Å². The first kappa shape index (κ1) is 21.7. The summed E-state index contributed by atoms with van der Waals surface area (Å²) < 4.78 is 1.55. The van der Waals surface area contributed by atoms with Gasteiger partial charge in [0.1, 0.15) is 0 Å². The van der Waals surface area contributed by atoms with Gasteiger partial charge >= 0.3 is 5.69 Å². The Labute approximate surface area is 168 Å². The van der Waals surface area contributed by atoms with Crippen LogP contribution in [0.15, 0.2) is 34.2 Å². The lowest BCUT2D eigenvalue weighted by Gasteiger charge is -2.19. The predicted octanol–water partition coefficient (Wildman–Crippen LogP) is 2.58. The van der Waals surface area contributed by atoms with Crippen molar-refractivity contribution >= 4 is 29.3 Å². The number of nitrogens with zero attached hydrogens (tertiary/aromatic N) is 3. The summed E-state index contributed by atoms with van der Waals surface area (Å²) in [6, 6.07) is 6.90. The number of nitrogens with one attached hydrogen (secondary N) is 2. The molecule has 0 radical (unpaired) electrons. The molecule has 0 atom stereocenters. The normalized spacial score (nSPS) is 10.7. The van der Waals surface area contributed by atoms with Crippen LogP contribution in [0.1, 0.15) is 44.0 Å². The molecule has 8 nitrogen and oxygen atoms in total. The van der Waals surface area contributed by atoms with Gasteiger partial charge in [-0.3, -0.25) is 14.2 Å². The second-order valence-corrected chi connectivity index (χ2v) is 7.15. The molecule has 0 saturated heterocycles. The van der Waals surface area contributed by atoms with Crippen LogP contribution in [-0.2, 0) is 11.3 Å². The summed E-state index contributed by atoms with van der Waals surface area (Å²) in [6.07, 6.45) is 1.83. The number of thioether (sulfide) groups is 1. The van der Waals surface area contributed by atoms with Crippen LogP contribution in [0.3, 0.4) is 0 Å². The molecular weight excluding hydrogens is 378 g/mol. The van der Waals surface area contributed by atoms with Gasteiger partial charge in [-0.1, -0.05) is 31.2 Å². The number of carbonyl (C=O) groups excluding carboxylic acids is 2. The smallest absolute Gasteiger partial charge is 0.339 e. The molecule has 2 amide bonds. The minimum absolute atomic E-state index is 0.0630. The topological polar surface area (TPSA) is 100 Å². The highest BCUT2D eigenvalue weighted by Gasteiger charge is 2.14. The van der Waals surface area contributed by atoms with Crippen molar-refractivity contribution in [2.75, 3.05) is 24.2 Å². The molecule has 0 aliphatic heterocycles. The maximum Gasteiger partial charge on any atom is 0.343 e. The highest BCUT2D eigenvalue weighted by atomic mass is 32.2. The Morgan fingerprint density at radius 2 is 2.00 bits per heavy atom. The van der Waals surface area contributed by atoms with Crippen LogP contribution in [0.5, 0.6) is 0 Å². The number of anilines is 1. The highest BCUT2D eigenvalue weighted by molar-refractivity contribution is 7.99. The zero-order chi connectivity index (χ0) is 20.5. The van der Waals surface area contributed by atoms with Gasteiger partial charge in [0.15, 0.2) is 5.16 Å². The second-order valence-electron chi connectivity index (χ2n) is 6.21. The standard InChI is InChI=1S/C19H27N5O3S/c1-4-7-11-24-18(27)21-22-19(24)28-13-16(25)20-15-10-8-9-14(12-15)17(26)23(5-2)6-3/h8-10,12H,4-7,11,13H2,1-3H3,(H,20,25)(H,21,27). The number of H-pyrrole nitrogens is 1. The molecule has 9 heteroatoms. The van der Waals surface area contributed by atoms with Crippen molar-refractivity contribution in [1.29, 1.82) is 0 Å². The molecule has 0 unspecified atom stereocenters. The van der Waals surface area contributed by atoms with E-state index in [1.54, 1.807) is 33.7 Å². The van der Waals surface area contributed by atoms with Crippen LogP contribution < -0.4 is 11.0 Å². The molecule has 0 spiro atoms. The summed E-state index contributed by atoms with van der Waals surface area (Å²) in [7, 11) is 0. The van der Waals surface area contributed by atoms with E-state index in [-0.39, 0.29) is 23.3 Å². The van der Waals surface area contributed by atoms with E-state index < -0.39 is 0 Å². The van der Waals surface area contributed by atoms with Gasteiger partial charge in [0, 0.05) is 30.9 Å². The lowest BCUT2D eigenvalue weighted by molar-refractivity contribution is -0.113. The average molecular weight is 406 g/mol. The molecule has 0 fully saturated rings. The lowest BCUT2D eigenvalue weighted by atomic mass is 10.1. The van der Waals surface area contributed by atoms with Gasteiger partial charge in [0.25, 0.3) is 5.91 Å². The van der Waals surface area contributed by atoms with Gasteiger partial charge < -0.3 is 10.2 Å². The SMILES string of the molecule is CCCCn1c(SCC(=O)Nc2cccc(C(=O)N(CC)CC)c2)n[nH]c1=O. The first-order chi connectivity index (χ1) is 13.5. The molecular formula is C19H27N5O3S. The fourth-order valence-corrected chi connectivity index (χ4v) is 3.45. The van der Waals surface area contributed by atoms with Crippen molar-refractivity contribution in [3.8, 4) is 0 Å². The molecule has 0 aliphatic rings. The third-order valence-electron chi connectivity index (χ3n) is 4.23. The fraction of sp³-hybridized carbons (Fsp3) is 0.474. The van der Waals surface area contributed by atoms with Gasteiger partial charge in [0.2, 0.25) is 5.91 Å². The quantitative estimate of drug-likeness (QED) is 0.592. The Bertz CT molecular complexity index is 857. The van der Waals surface area contributed by atoms with E-state index >= 15 is 0 Å². The van der Waals surface area contributed by atoms with Gasteiger partial charge in [-0.25, -0.2) is 9.89 Å². The fourth-order valence-electron chi connectivity index (χ4n) is 2.68. The molecule has 0 saturated carbocycles. The summed E-state index contributed by atoms with van der Waals surface area (Å²) >= 11 is 1.20. The third kappa shape index (κ3) is 5.72. The zero-order valence-electron chi connectivity index (χ0n) is 16.5. The van der Waals surface area contributed by atoms with Crippen molar-refractivity contribution < 1.29 is 9.59 Å². The molecule has 1 heterocycles. The highest BCUT2D eigenvalue weighted by Crippen LogP contribution is 2.16. The Kier molecular flexibility index (Phi) is 8.31. The number of hydrogen-bond donors (Lipinski definition) is 2. The molecule has 0 bridgehead atoms. The molecule has 0 aliphatic carbocycles. The average Bonchev–Trinajstić information content (AvgIpc) is 3.05. The second kappa shape index (κ2) is 10.7. The zero-order valence-corrected chi connectivity index (χ0v) is 17.3. The van der Waals surface area contributed by atoms with Crippen molar-refractivity contribution in [1.82, 2.24) is 19.7 Å². The molecule has 2 N–H and O–H groups in total. The monoisotopic (exact) mass is 405 g/mol. The Hall–Kier alpha value is -2.55. The molecule has 28 heavy (non-hydrogen) atoms. The summed E-state index contributed by atoms with van der Waals surface area (Å²) in [5, 5.41) is 9.70. The lowest BCUT2D eigenvalue weighted by Crippen LogP contribution is -2.30. The summed E-state index contributed by atoms with van der Waals surface area (Å²) in [5.74, 6) is -0.174. The van der Waals surface area contributed by atoms with Crippen LogP contribution in [0.25, 0.3) is 0 Å². The molecule has 1 aromatic heterocycles. The summed E-state index contributed by atoms with van der Waals surface area (Å²) in [4.78, 5) is 38.2. The maximum atomic E-state index is 12.4. The number of unbranched alkanes of at least 4 members (excludes halogenated alkanes) is 1.